The molecule has 78 valence electrons. The molecule has 0 fully saturated rings. The van der Waals surface area contributed by atoms with Crippen molar-refractivity contribution < 1.29 is 23.4 Å². The molecule has 0 bridgehead atoms. The van der Waals surface area contributed by atoms with Gasteiger partial charge < -0.3 is 10.2 Å². The van der Waals surface area contributed by atoms with Gasteiger partial charge in [-0.3, -0.25) is 0 Å². The third-order valence-electron chi connectivity index (χ3n) is 1.61. The summed E-state index contributed by atoms with van der Waals surface area (Å²) in [7, 11) is 0. The number of benzene rings is 1. The summed E-state index contributed by atoms with van der Waals surface area (Å²) in [5.74, 6) is -0.342. The standard InChI is InChI=1S/C8H6BrF3O2/c9-6-4(2-1-3-5(6)13)7(14)8(10,11)12/h1-3,7,13-14H/t7-/m1/s1. The summed E-state index contributed by atoms with van der Waals surface area (Å²) in [6.45, 7) is 0. The largest absolute Gasteiger partial charge is 0.507 e. The molecular formula is C8H6BrF3O2. The molecule has 14 heavy (non-hydrogen) atoms. The van der Waals surface area contributed by atoms with Crippen LogP contribution in [0, 0.1) is 0 Å². The summed E-state index contributed by atoms with van der Waals surface area (Å²) in [4.78, 5) is 0. The Morgan fingerprint density at radius 2 is 1.86 bits per heavy atom. The molecule has 6 heteroatoms. The second-order valence-electron chi connectivity index (χ2n) is 2.62. The van der Waals surface area contributed by atoms with E-state index >= 15 is 0 Å². The summed E-state index contributed by atoms with van der Waals surface area (Å²) in [5.41, 5.74) is -0.405. The number of rotatable bonds is 1. The maximum absolute atomic E-state index is 12.1. The molecule has 0 saturated carbocycles. The van der Waals surface area contributed by atoms with Gasteiger partial charge in [0.05, 0.1) is 4.47 Å². The van der Waals surface area contributed by atoms with Crippen molar-refractivity contribution in [3.63, 3.8) is 0 Å². The Kier molecular flexibility index (Phi) is 3.06. The fourth-order valence-corrected chi connectivity index (χ4v) is 1.41. The third-order valence-corrected chi connectivity index (χ3v) is 2.48. The Hall–Kier alpha value is -0.750. The van der Waals surface area contributed by atoms with Gasteiger partial charge in [-0.2, -0.15) is 13.2 Å². The molecule has 1 aromatic carbocycles. The van der Waals surface area contributed by atoms with Crippen molar-refractivity contribution in [2.75, 3.05) is 0 Å². The molecule has 0 amide bonds. The number of aliphatic hydroxyl groups excluding tert-OH is 1. The molecule has 1 rings (SSSR count). The van der Waals surface area contributed by atoms with Crippen LogP contribution in [-0.2, 0) is 0 Å². The Balaban J connectivity index is 3.14. The van der Waals surface area contributed by atoms with Crippen molar-refractivity contribution in [3.8, 4) is 5.75 Å². The summed E-state index contributed by atoms with van der Waals surface area (Å²) < 4.78 is 36.1. The van der Waals surface area contributed by atoms with Gasteiger partial charge in [0.15, 0.2) is 6.10 Å². The van der Waals surface area contributed by atoms with Crippen molar-refractivity contribution in [2.24, 2.45) is 0 Å². The van der Waals surface area contributed by atoms with Crippen LogP contribution in [0.3, 0.4) is 0 Å². The third kappa shape index (κ3) is 2.19. The molecule has 1 aromatic rings. The molecule has 0 aromatic heterocycles. The van der Waals surface area contributed by atoms with Crippen LogP contribution >= 0.6 is 15.9 Å². The summed E-state index contributed by atoms with van der Waals surface area (Å²) in [5, 5.41) is 18.0. The molecular weight excluding hydrogens is 265 g/mol. The van der Waals surface area contributed by atoms with E-state index in [1.54, 1.807) is 0 Å². The van der Waals surface area contributed by atoms with E-state index in [0.717, 1.165) is 6.07 Å². The molecule has 0 aliphatic heterocycles. The number of aliphatic hydroxyl groups is 1. The number of hydrogen-bond acceptors (Lipinski definition) is 2. The van der Waals surface area contributed by atoms with Gasteiger partial charge in [-0.1, -0.05) is 12.1 Å². The Bertz CT molecular complexity index is 338. The molecule has 1 atom stereocenters. The van der Waals surface area contributed by atoms with Crippen molar-refractivity contribution in [1.29, 1.82) is 0 Å². The van der Waals surface area contributed by atoms with E-state index < -0.39 is 17.8 Å². The van der Waals surface area contributed by atoms with Gasteiger partial charge in [0.2, 0.25) is 0 Å². The van der Waals surface area contributed by atoms with Crippen LogP contribution in [0.4, 0.5) is 13.2 Å². The number of halogens is 4. The highest BCUT2D eigenvalue weighted by Crippen LogP contribution is 2.38. The Labute approximate surface area is 86.1 Å². The molecule has 0 radical (unpaired) electrons. The van der Waals surface area contributed by atoms with E-state index in [1.165, 1.54) is 12.1 Å². The average Bonchev–Trinajstić information content (AvgIpc) is 2.07. The van der Waals surface area contributed by atoms with E-state index in [9.17, 15) is 13.2 Å². The van der Waals surface area contributed by atoms with Gasteiger partial charge in [0, 0.05) is 5.56 Å². The first-order valence-corrected chi connectivity index (χ1v) is 4.35. The smallest absolute Gasteiger partial charge is 0.418 e. The lowest BCUT2D eigenvalue weighted by Crippen LogP contribution is -2.20. The highest BCUT2D eigenvalue weighted by molar-refractivity contribution is 9.10. The normalized spacial score (nSPS) is 14.1. The highest BCUT2D eigenvalue weighted by atomic mass is 79.9. The maximum Gasteiger partial charge on any atom is 0.418 e. The lowest BCUT2D eigenvalue weighted by molar-refractivity contribution is -0.207. The van der Waals surface area contributed by atoms with Crippen LogP contribution in [0.15, 0.2) is 22.7 Å². The minimum atomic E-state index is -4.74. The second-order valence-corrected chi connectivity index (χ2v) is 3.42. The first kappa shape index (κ1) is 11.3. The zero-order chi connectivity index (χ0) is 10.9. The average molecular weight is 271 g/mol. The first-order valence-electron chi connectivity index (χ1n) is 3.56. The van der Waals surface area contributed by atoms with E-state index in [2.05, 4.69) is 15.9 Å². The van der Waals surface area contributed by atoms with E-state index in [4.69, 9.17) is 10.2 Å². The molecule has 0 saturated heterocycles. The minimum Gasteiger partial charge on any atom is -0.507 e. The van der Waals surface area contributed by atoms with Gasteiger partial charge in [-0.05, 0) is 22.0 Å². The van der Waals surface area contributed by atoms with E-state index in [-0.39, 0.29) is 10.2 Å². The fraction of sp³-hybridized carbons (Fsp3) is 0.250. The number of phenols is 1. The Morgan fingerprint density at radius 3 is 2.36 bits per heavy atom. The summed E-state index contributed by atoms with van der Waals surface area (Å²) in [6.07, 6.45) is -7.33. The van der Waals surface area contributed by atoms with Crippen molar-refractivity contribution in [1.82, 2.24) is 0 Å². The van der Waals surface area contributed by atoms with E-state index in [0.29, 0.717) is 0 Å². The summed E-state index contributed by atoms with van der Waals surface area (Å²) in [6, 6.07) is 3.53. The number of hydrogen-bond donors (Lipinski definition) is 2. The SMILES string of the molecule is Oc1cccc([C@@H](O)C(F)(F)F)c1Br. The zero-order valence-electron chi connectivity index (χ0n) is 6.72. The van der Waals surface area contributed by atoms with Crippen LogP contribution in [-0.4, -0.2) is 16.4 Å². The van der Waals surface area contributed by atoms with Gasteiger partial charge in [-0.15, -0.1) is 0 Å². The number of aromatic hydroxyl groups is 1. The number of phenolic OH excluding ortho intramolecular Hbond substituents is 1. The van der Waals surface area contributed by atoms with Gasteiger partial charge in [0.25, 0.3) is 0 Å². The molecule has 2 nitrogen and oxygen atoms in total. The highest BCUT2D eigenvalue weighted by Gasteiger charge is 2.40. The Morgan fingerprint density at radius 1 is 1.29 bits per heavy atom. The second kappa shape index (κ2) is 3.78. The van der Waals surface area contributed by atoms with Crippen molar-refractivity contribution in [3.05, 3.63) is 28.2 Å². The van der Waals surface area contributed by atoms with Crippen LogP contribution in [0.25, 0.3) is 0 Å². The minimum absolute atomic E-state index is 0.148. The molecule has 0 heterocycles. The van der Waals surface area contributed by atoms with Crippen molar-refractivity contribution >= 4 is 15.9 Å². The predicted octanol–water partition coefficient (Wildman–Crippen LogP) is 2.75. The molecule has 0 aliphatic rings. The zero-order valence-corrected chi connectivity index (χ0v) is 8.30. The first-order chi connectivity index (χ1) is 6.34. The monoisotopic (exact) mass is 270 g/mol. The van der Waals surface area contributed by atoms with Gasteiger partial charge in [0.1, 0.15) is 5.75 Å². The van der Waals surface area contributed by atoms with Crippen LogP contribution in [0.5, 0.6) is 5.75 Å². The maximum atomic E-state index is 12.1. The quantitative estimate of drug-likeness (QED) is 0.824. The predicted molar refractivity (Wildman–Crippen MR) is 46.8 cm³/mol. The molecule has 0 spiro atoms. The van der Waals surface area contributed by atoms with Gasteiger partial charge in [-0.25, -0.2) is 0 Å². The molecule has 0 aliphatic carbocycles. The topological polar surface area (TPSA) is 40.5 Å². The lowest BCUT2D eigenvalue weighted by atomic mass is 10.1. The van der Waals surface area contributed by atoms with Crippen molar-refractivity contribution in [2.45, 2.75) is 12.3 Å². The van der Waals surface area contributed by atoms with Crippen LogP contribution in [0.1, 0.15) is 11.7 Å². The molecule has 0 unspecified atom stereocenters. The molecule has 2 N–H and O–H groups in total. The fourth-order valence-electron chi connectivity index (χ4n) is 0.925. The van der Waals surface area contributed by atoms with Gasteiger partial charge >= 0.3 is 6.18 Å². The van der Waals surface area contributed by atoms with E-state index in [1.807, 2.05) is 0 Å². The lowest BCUT2D eigenvalue weighted by Gasteiger charge is -2.16. The summed E-state index contributed by atoms with van der Waals surface area (Å²) >= 11 is 2.76. The van der Waals surface area contributed by atoms with Crippen LogP contribution in [0.2, 0.25) is 0 Å². The number of alkyl halides is 3. The van der Waals surface area contributed by atoms with Crippen LogP contribution < -0.4 is 0 Å².